The van der Waals surface area contributed by atoms with Gasteiger partial charge in [-0.25, -0.2) is 13.8 Å². The Kier molecular flexibility index (Phi) is 6.64. The van der Waals surface area contributed by atoms with Gasteiger partial charge in [0.25, 0.3) is 12.3 Å². The molecule has 0 aliphatic heterocycles. The first-order valence-electron chi connectivity index (χ1n) is 9.85. The molecule has 0 spiro atoms. The third-order valence-electron chi connectivity index (χ3n) is 4.83. The van der Waals surface area contributed by atoms with Gasteiger partial charge in [-0.15, -0.1) is 0 Å². The Morgan fingerprint density at radius 2 is 1.93 bits per heavy atom. The number of aromatic nitrogens is 1. The van der Waals surface area contributed by atoms with Crippen molar-refractivity contribution in [1.29, 1.82) is 0 Å². The predicted octanol–water partition coefficient (Wildman–Crippen LogP) is 4.18. The van der Waals surface area contributed by atoms with Crippen LogP contribution in [0.2, 0.25) is 0 Å². The number of halogens is 2. The summed E-state index contributed by atoms with van der Waals surface area (Å²) in [5.74, 6) is 0.419. The van der Waals surface area contributed by atoms with Gasteiger partial charge in [0.1, 0.15) is 18.2 Å². The van der Waals surface area contributed by atoms with Gasteiger partial charge in [-0.1, -0.05) is 12.1 Å². The van der Waals surface area contributed by atoms with Gasteiger partial charge in [0.05, 0.1) is 6.04 Å². The lowest BCUT2D eigenvalue weighted by Gasteiger charge is -2.17. The second-order valence-corrected chi connectivity index (χ2v) is 7.57. The molecule has 1 aromatic carbocycles. The zero-order valence-electron chi connectivity index (χ0n) is 17.2. The van der Waals surface area contributed by atoms with Crippen molar-refractivity contribution in [3.05, 3.63) is 52.7 Å². The van der Waals surface area contributed by atoms with Gasteiger partial charge in [0.2, 0.25) is 5.91 Å². The van der Waals surface area contributed by atoms with Crippen molar-refractivity contribution >= 4 is 17.6 Å². The van der Waals surface area contributed by atoms with Crippen molar-refractivity contribution < 1.29 is 23.1 Å². The van der Waals surface area contributed by atoms with Crippen LogP contribution >= 0.6 is 0 Å². The number of ether oxygens (including phenoxy) is 1. The molecular formula is C22H25F2N3O3. The first kappa shape index (κ1) is 21.7. The molecule has 0 radical (unpaired) electrons. The molecule has 2 amide bonds. The lowest BCUT2D eigenvalue weighted by atomic mass is 10.0. The number of benzene rings is 1. The molecule has 1 aromatic heterocycles. The number of aryl methyl sites for hydroxylation is 2. The Labute approximate surface area is 174 Å². The Morgan fingerprint density at radius 3 is 2.57 bits per heavy atom. The van der Waals surface area contributed by atoms with E-state index in [1.165, 1.54) is 0 Å². The minimum atomic E-state index is -2.54. The fourth-order valence-electron chi connectivity index (χ4n) is 3.06. The normalized spacial score (nSPS) is 14.3. The molecule has 1 aliphatic carbocycles. The number of rotatable bonds is 8. The standard InChI is InChI=1S/C22H25F2N3O3/c1-12-8-16(6-7-18(12)30-11-19(23)24)14(3)26-22(29)17-9-13(2)25-20(10-17)27-21(28)15-4-5-15/h6-10,14-15,19H,4-5,11H2,1-3H3,(H,26,29)(H,25,27,28). The highest BCUT2D eigenvalue weighted by Crippen LogP contribution is 2.30. The maximum absolute atomic E-state index is 12.7. The SMILES string of the molecule is Cc1cc(C(=O)NC(C)c2ccc(OCC(F)F)c(C)c2)cc(NC(=O)C2CC2)n1. The molecule has 1 atom stereocenters. The zero-order chi connectivity index (χ0) is 21.8. The summed E-state index contributed by atoms with van der Waals surface area (Å²) in [7, 11) is 0. The van der Waals surface area contributed by atoms with Crippen molar-refractivity contribution in [2.45, 2.75) is 46.1 Å². The van der Waals surface area contributed by atoms with Gasteiger partial charge in [-0.3, -0.25) is 9.59 Å². The smallest absolute Gasteiger partial charge is 0.272 e. The average molecular weight is 417 g/mol. The molecule has 8 heteroatoms. The van der Waals surface area contributed by atoms with Crippen LogP contribution in [0.3, 0.4) is 0 Å². The molecule has 0 bridgehead atoms. The van der Waals surface area contributed by atoms with E-state index < -0.39 is 13.0 Å². The Balaban J connectivity index is 1.67. The highest BCUT2D eigenvalue weighted by atomic mass is 19.3. The fourth-order valence-corrected chi connectivity index (χ4v) is 3.06. The van der Waals surface area contributed by atoms with Crippen molar-refractivity contribution in [3.63, 3.8) is 0 Å². The number of hydrogen-bond acceptors (Lipinski definition) is 4. The van der Waals surface area contributed by atoms with E-state index in [0.717, 1.165) is 18.4 Å². The summed E-state index contributed by atoms with van der Waals surface area (Å²) in [6.07, 6.45) is -0.771. The number of anilines is 1. The number of pyridine rings is 1. The minimum absolute atomic E-state index is 0.0421. The lowest BCUT2D eigenvalue weighted by Crippen LogP contribution is -2.27. The summed E-state index contributed by atoms with van der Waals surface area (Å²) >= 11 is 0. The van der Waals surface area contributed by atoms with E-state index in [1.54, 1.807) is 44.2 Å². The number of hydrogen-bond donors (Lipinski definition) is 2. The van der Waals surface area contributed by atoms with E-state index in [4.69, 9.17) is 4.74 Å². The average Bonchev–Trinajstić information content (AvgIpc) is 3.51. The second-order valence-electron chi connectivity index (χ2n) is 7.57. The van der Waals surface area contributed by atoms with Gasteiger partial charge in [-0.05, 0) is 62.9 Å². The molecule has 1 saturated carbocycles. The molecule has 1 unspecified atom stereocenters. The van der Waals surface area contributed by atoms with Crippen molar-refractivity contribution in [2.24, 2.45) is 5.92 Å². The van der Waals surface area contributed by atoms with Gasteiger partial charge in [0, 0.05) is 17.2 Å². The summed E-state index contributed by atoms with van der Waals surface area (Å²) < 4.78 is 29.8. The monoisotopic (exact) mass is 417 g/mol. The molecule has 30 heavy (non-hydrogen) atoms. The van der Waals surface area contributed by atoms with Crippen molar-refractivity contribution in [2.75, 3.05) is 11.9 Å². The zero-order valence-corrected chi connectivity index (χ0v) is 17.2. The van der Waals surface area contributed by atoms with Crippen molar-refractivity contribution in [1.82, 2.24) is 10.3 Å². The van der Waals surface area contributed by atoms with Gasteiger partial charge in [0.15, 0.2) is 0 Å². The van der Waals surface area contributed by atoms with Crippen LogP contribution in [0.25, 0.3) is 0 Å². The van der Waals surface area contributed by atoms with Crippen LogP contribution in [-0.2, 0) is 4.79 Å². The first-order valence-corrected chi connectivity index (χ1v) is 9.85. The number of carbonyl (C=O) groups is 2. The maximum atomic E-state index is 12.7. The van der Waals surface area contributed by atoms with Gasteiger partial charge >= 0.3 is 0 Å². The Bertz CT molecular complexity index is 945. The van der Waals surface area contributed by atoms with Crippen LogP contribution in [0.15, 0.2) is 30.3 Å². The second kappa shape index (κ2) is 9.19. The van der Waals surface area contributed by atoms with E-state index in [2.05, 4.69) is 15.6 Å². The predicted molar refractivity (Wildman–Crippen MR) is 109 cm³/mol. The number of nitrogens with one attached hydrogen (secondary N) is 2. The Morgan fingerprint density at radius 1 is 1.20 bits per heavy atom. The Hall–Kier alpha value is -3.03. The van der Waals surface area contributed by atoms with Gasteiger partial charge in [-0.2, -0.15) is 0 Å². The lowest BCUT2D eigenvalue weighted by molar-refractivity contribution is -0.117. The molecule has 2 aromatic rings. The van der Waals surface area contributed by atoms with Crippen molar-refractivity contribution in [3.8, 4) is 5.75 Å². The molecule has 6 nitrogen and oxygen atoms in total. The minimum Gasteiger partial charge on any atom is -0.487 e. The molecule has 1 aliphatic rings. The fraction of sp³-hybridized carbons (Fsp3) is 0.409. The molecule has 3 rings (SSSR count). The first-order chi connectivity index (χ1) is 14.2. The third-order valence-corrected chi connectivity index (χ3v) is 4.83. The third kappa shape index (κ3) is 5.75. The highest BCUT2D eigenvalue weighted by Gasteiger charge is 2.30. The molecule has 1 heterocycles. The topological polar surface area (TPSA) is 80.3 Å². The van der Waals surface area contributed by atoms with E-state index in [0.29, 0.717) is 28.4 Å². The van der Waals surface area contributed by atoms with E-state index in [-0.39, 0.29) is 23.8 Å². The number of carbonyl (C=O) groups excluding carboxylic acids is 2. The molecular weight excluding hydrogens is 392 g/mol. The molecule has 2 N–H and O–H groups in total. The van der Waals surface area contributed by atoms with Gasteiger partial charge < -0.3 is 15.4 Å². The van der Waals surface area contributed by atoms with Crippen LogP contribution in [-0.4, -0.2) is 29.8 Å². The van der Waals surface area contributed by atoms with E-state index in [9.17, 15) is 18.4 Å². The number of nitrogens with zero attached hydrogens (tertiary/aromatic N) is 1. The number of alkyl halides is 2. The van der Waals surface area contributed by atoms with Crippen LogP contribution < -0.4 is 15.4 Å². The summed E-state index contributed by atoms with van der Waals surface area (Å²) in [5, 5.41) is 5.67. The molecule has 1 fully saturated rings. The van der Waals surface area contributed by atoms with Crippen LogP contribution in [0, 0.1) is 19.8 Å². The van der Waals surface area contributed by atoms with Crippen LogP contribution in [0.5, 0.6) is 5.75 Å². The highest BCUT2D eigenvalue weighted by molar-refractivity contribution is 5.97. The van der Waals surface area contributed by atoms with E-state index in [1.807, 2.05) is 6.92 Å². The summed E-state index contributed by atoms with van der Waals surface area (Å²) in [6, 6.07) is 8.04. The maximum Gasteiger partial charge on any atom is 0.272 e. The summed E-state index contributed by atoms with van der Waals surface area (Å²) in [6.45, 7) is 4.69. The largest absolute Gasteiger partial charge is 0.487 e. The molecule has 160 valence electrons. The van der Waals surface area contributed by atoms with Crippen LogP contribution in [0.4, 0.5) is 14.6 Å². The summed E-state index contributed by atoms with van der Waals surface area (Å²) in [4.78, 5) is 29.0. The number of amides is 2. The molecule has 0 saturated heterocycles. The van der Waals surface area contributed by atoms with Crippen LogP contribution in [0.1, 0.15) is 53.0 Å². The quantitative estimate of drug-likeness (QED) is 0.675. The summed E-state index contributed by atoms with van der Waals surface area (Å²) in [5.41, 5.74) is 2.55. The van der Waals surface area contributed by atoms with E-state index >= 15 is 0 Å².